The molecule has 1 aliphatic rings. The van der Waals surface area contributed by atoms with Crippen LogP contribution in [0, 0.1) is 5.92 Å². The summed E-state index contributed by atoms with van der Waals surface area (Å²) in [6.45, 7) is 4.32. The molecule has 0 spiro atoms. The fraction of sp³-hybridized carbons (Fsp3) is 0.833. The summed E-state index contributed by atoms with van der Waals surface area (Å²) >= 11 is 0. The van der Waals surface area contributed by atoms with Gasteiger partial charge in [-0.25, -0.2) is 0 Å². The first-order valence-corrected chi connectivity index (χ1v) is 6.56. The van der Waals surface area contributed by atoms with Gasteiger partial charge in [-0.15, -0.1) is 5.10 Å². The third-order valence-electron chi connectivity index (χ3n) is 3.25. The molecule has 0 bridgehead atoms. The minimum absolute atomic E-state index is 0.481. The van der Waals surface area contributed by atoms with Gasteiger partial charge in [0.25, 0.3) is 0 Å². The van der Waals surface area contributed by atoms with Crippen molar-refractivity contribution in [1.82, 2.24) is 15.5 Å². The van der Waals surface area contributed by atoms with Gasteiger partial charge in [-0.3, -0.25) is 0 Å². The van der Waals surface area contributed by atoms with Crippen LogP contribution in [0.2, 0.25) is 0 Å². The zero-order valence-electron chi connectivity index (χ0n) is 11.1. The number of nitrogens with zero attached hydrogens (tertiary/aromatic N) is 2. The zero-order valence-corrected chi connectivity index (χ0v) is 11.1. The number of rotatable bonds is 7. The van der Waals surface area contributed by atoms with E-state index in [0.29, 0.717) is 31.1 Å². The van der Waals surface area contributed by atoms with E-state index in [1.807, 2.05) is 0 Å². The van der Waals surface area contributed by atoms with Gasteiger partial charge >= 0.3 is 6.01 Å². The summed E-state index contributed by atoms with van der Waals surface area (Å²) in [5.41, 5.74) is 0. The van der Waals surface area contributed by atoms with Crippen molar-refractivity contribution < 1.29 is 9.15 Å². The lowest BCUT2D eigenvalue weighted by Gasteiger charge is -2.08. The van der Waals surface area contributed by atoms with Gasteiger partial charge < -0.3 is 19.8 Å². The molecule has 6 nitrogen and oxygen atoms in total. The Kier molecular flexibility index (Phi) is 4.95. The van der Waals surface area contributed by atoms with Crippen LogP contribution in [0.25, 0.3) is 0 Å². The standard InChI is InChI=1S/C12H22N4O2/c1-9-3-4-10(7-9)14-12-16-15-11(18-12)8-13-5-6-17-2/h9-10,13H,3-8H2,1-2H3,(H,14,16). The largest absolute Gasteiger partial charge is 0.407 e. The lowest BCUT2D eigenvalue weighted by atomic mass is 10.1. The molecule has 1 aliphatic carbocycles. The molecule has 2 unspecified atom stereocenters. The Bertz CT molecular complexity index is 356. The molecule has 2 atom stereocenters. The van der Waals surface area contributed by atoms with E-state index >= 15 is 0 Å². The Morgan fingerprint density at radius 3 is 3.00 bits per heavy atom. The van der Waals surface area contributed by atoms with Crippen LogP contribution in [0.3, 0.4) is 0 Å². The average Bonchev–Trinajstić information content (AvgIpc) is 2.95. The zero-order chi connectivity index (χ0) is 12.8. The van der Waals surface area contributed by atoms with Crippen LogP contribution in [0.15, 0.2) is 4.42 Å². The van der Waals surface area contributed by atoms with E-state index in [0.717, 1.165) is 12.5 Å². The second kappa shape index (κ2) is 6.70. The molecular weight excluding hydrogens is 232 g/mol. The summed E-state index contributed by atoms with van der Waals surface area (Å²) in [5, 5.41) is 14.5. The van der Waals surface area contributed by atoms with Crippen LogP contribution in [-0.2, 0) is 11.3 Å². The first kappa shape index (κ1) is 13.3. The summed E-state index contributed by atoms with van der Waals surface area (Å²) in [4.78, 5) is 0. The third-order valence-corrected chi connectivity index (χ3v) is 3.25. The van der Waals surface area contributed by atoms with Gasteiger partial charge in [-0.1, -0.05) is 12.0 Å². The molecule has 0 saturated heterocycles. The van der Waals surface area contributed by atoms with Crippen molar-refractivity contribution in [2.75, 3.05) is 25.6 Å². The Hall–Kier alpha value is -1.14. The Labute approximate surface area is 107 Å². The minimum atomic E-state index is 0.481. The smallest absolute Gasteiger partial charge is 0.315 e. The molecule has 0 radical (unpaired) electrons. The lowest BCUT2D eigenvalue weighted by molar-refractivity contribution is 0.198. The number of hydrogen-bond donors (Lipinski definition) is 2. The molecule has 2 rings (SSSR count). The maximum atomic E-state index is 5.52. The van der Waals surface area contributed by atoms with E-state index in [1.165, 1.54) is 19.3 Å². The van der Waals surface area contributed by atoms with Crippen molar-refractivity contribution in [1.29, 1.82) is 0 Å². The van der Waals surface area contributed by atoms with E-state index in [9.17, 15) is 0 Å². The molecule has 1 heterocycles. The summed E-state index contributed by atoms with van der Waals surface area (Å²) in [7, 11) is 1.68. The SMILES string of the molecule is COCCNCc1nnc(NC2CCC(C)C2)o1. The molecule has 1 fully saturated rings. The number of nitrogens with one attached hydrogen (secondary N) is 2. The molecule has 1 saturated carbocycles. The van der Waals surface area contributed by atoms with Gasteiger partial charge in [0.2, 0.25) is 5.89 Å². The van der Waals surface area contributed by atoms with Gasteiger partial charge in [-0.05, 0) is 25.2 Å². The second-order valence-electron chi connectivity index (χ2n) is 4.93. The van der Waals surface area contributed by atoms with Gasteiger partial charge in [-0.2, -0.15) is 0 Å². The highest BCUT2D eigenvalue weighted by molar-refractivity contribution is 5.20. The Morgan fingerprint density at radius 1 is 1.39 bits per heavy atom. The highest BCUT2D eigenvalue weighted by atomic mass is 16.5. The topological polar surface area (TPSA) is 72.2 Å². The highest BCUT2D eigenvalue weighted by Crippen LogP contribution is 2.26. The van der Waals surface area contributed by atoms with Gasteiger partial charge in [0.05, 0.1) is 13.2 Å². The molecule has 1 aromatic heterocycles. The van der Waals surface area contributed by atoms with Gasteiger partial charge in [0.1, 0.15) is 0 Å². The van der Waals surface area contributed by atoms with Crippen LogP contribution >= 0.6 is 0 Å². The van der Waals surface area contributed by atoms with Crippen LogP contribution in [0.4, 0.5) is 6.01 Å². The fourth-order valence-electron chi connectivity index (χ4n) is 2.27. The van der Waals surface area contributed by atoms with Crippen molar-refractivity contribution in [2.24, 2.45) is 5.92 Å². The molecule has 6 heteroatoms. The van der Waals surface area contributed by atoms with E-state index in [4.69, 9.17) is 9.15 Å². The Balaban J connectivity index is 1.72. The lowest BCUT2D eigenvalue weighted by Crippen LogP contribution is -2.18. The molecule has 2 N–H and O–H groups in total. The molecule has 0 aromatic carbocycles. The van der Waals surface area contributed by atoms with Crippen molar-refractivity contribution in [3.63, 3.8) is 0 Å². The maximum Gasteiger partial charge on any atom is 0.315 e. The number of methoxy groups -OCH3 is 1. The summed E-state index contributed by atoms with van der Waals surface area (Å²) in [6.07, 6.45) is 3.64. The van der Waals surface area contributed by atoms with Crippen molar-refractivity contribution in [3.8, 4) is 0 Å². The van der Waals surface area contributed by atoms with E-state index < -0.39 is 0 Å². The molecule has 1 aromatic rings. The molecule has 0 aliphatic heterocycles. The van der Waals surface area contributed by atoms with Crippen molar-refractivity contribution in [2.45, 2.75) is 38.8 Å². The first-order valence-electron chi connectivity index (χ1n) is 6.56. The molecule has 18 heavy (non-hydrogen) atoms. The highest BCUT2D eigenvalue weighted by Gasteiger charge is 2.22. The molecule has 0 amide bonds. The van der Waals surface area contributed by atoms with Crippen molar-refractivity contribution >= 4 is 6.01 Å². The third kappa shape index (κ3) is 3.96. The average molecular weight is 254 g/mol. The second-order valence-corrected chi connectivity index (χ2v) is 4.93. The Morgan fingerprint density at radius 2 is 2.28 bits per heavy atom. The normalized spacial score (nSPS) is 23.4. The van der Waals surface area contributed by atoms with E-state index in [2.05, 4.69) is 27.8 Å². The van der Waals surface area contributed by atoms with E-state index in [-0.39, 0.29) is 0 Å². The predicted octanol–water partition coefficient (Wildman–Crippen LogP) is 1.41. The molecule has 102 valence electrons. The van der Waals surface area contributed by atoms with Crippen LogP contribution in [0.5, 0.6) is 0 Å². The monoisotopic (exact) mass is 254 g/mol. The number of ether oxygens (including phenoxy) is 1. The van der Waals surface area contributed by atoms with Crippen molar-refractivity contribution in [3.05, 3.63) is 5.89 Å². The summed E-state index contributed by atoms with van der Waals surface area (Å²) < 4.78 is 10.5. The summed E-state index contributed by atoms with van der Waals surface area (Å²) in [6, 6.07) is 1.02. The number of aromatic nitrogens is 2. The van der Waals surface area contributed by atoms with Crippen LogP contribution in [0.1, 0.15) is 32.1 Å². The minimum Gasteiger partial charge on any atom is -0.407 e. The van der Waals surface area contributed by atoms with Crippen LogP contribution in [-0.4, -0.2) is 36.5 Å². The number of hydrogen-bond acceptors (Lipinski definition) is 6. The first-order chi connectivity index (χ1) is 8.78. The van der Waals surface area contributed by atoms with Gasteiger partial charge in [0.15, 0.2) is 0 Å². The number of anilines is 1. The van der Waals surface area contributed by atoms with Crippen LogP contribution < -0.4 is 10.6 Å². The summed E-state index contributed by atoms with van der Waals surface area (Å²) in [5.74, 6) is 1.40. The molecular formula is C12H22N4O2. The predicted molar refractivity (Wildman–Crippen MR) is 68.3 cm³/mol. The maximum absolute atomic E-state index is 5.52. The quantitative estimate of drug-likeness (QED) is 0.717. The van der Waals surface area contributed by atoms with Gasteiger partial charge in [0, 0.05) is 19.7 Å². The van der Waals surface area contributed by atoms with E-state index in [1.54, 1.807) is 7.11 Å². The fourth-order valence-corrected chi connectivity index (χ4v) is 2.27.